The van der Waals surface area contributed by atoms with Crippen LogP contribution < -0.4 is 10.6 Å². The van der Waals surface area contributed by atoms with Gasteiger partial charge in [-0.25, -0.2) is 4.79 Å². The van der Waals surface area contributed by atoms with Gasteiger partial charge in [0.05, 0.1) is 6.04 Å². The van der Waals surface area contributed by atoms with Gasteiger partial charge >= 0.3 is 6.03 Å². The Hall–Kier alpha value is -2.29. The molecule has 110 valence electrons. The van der Waals surface area contributed by atoms with Gasteiger partial charge in [0.1, 0.15) is 0 Å². The van der Waals surface area contributed by atoms with Gasteiger partial charge in [0.25, 0.3) is 0 Å². The number of carbonyl (C=O) groups is 1. The summed E-state index contributed by atoms with van der Waals surface area (Å²) in [4.78, 5) is 12.0. The molecule has 1 atom stereocenters. The quantitative estimate of drug-likeness (QED) is 0.831. The lowest BCUT2D eigenvalue weighted by molar-refractivity contribution is 0.249. The molecule has 0 saturated heterocycles. The highest BCUT2D eigenvalue weighted by atomic mass is 16.2. The third kappa shape index (κ3) is 4.63. The number of rotatable bonds is 5. The van der Waals surface area contributed by atoms with E-state index in [0.29, 0.717) is 0 Å². The Morgan fingerprint density at radius 3 is 2.33 bits per heavy atom. The van der Waals surface area contributed by atoms with Crippen molar-refractivity contribution in [2.75, 3.05) is 5.32 Å². The third-order valence-electron chi connectivity index (χ3n) is 3.40. The summed E-state index contributed by atoms with van der Waals surface area (Å²) in [5.74, 6) is 0. The second-order valence-electron chi connectivity index (χ2n) is 5.18. The average molecular weight is 282 g/mol. The number of anilines is 1. The maximum Gasteiger partial charge on any atom is 0.319 e. The molecule has 0 radical (unpaired) electrons. The molecule has 0 aromatic heterocycles. The van der Waals surface area contributed by atoms with E-state index in [1.807, 2.05) is 49.4 Å². The number of nitrogens with one attached hydrogen (secondary N) is 2. The van der Waals surface area contributed by atoms with Gasteiger partial charge in [-0.05, 0) is 36.6 Å². The van der Waals surface area contributed by atoms with E-state index < -0.39 is 0 Å². The first-order chi connectivity index (χ1) is 10.2. The van der Waals surface area contributed by atoms with Crippen LogP contribution in [0.15, 0.2) is 54.6 Å². The van der Waals surface area contributed by atoms with Gasteiger partial charge in [-0.1, -0.05) is 55.8 Å². The zero-order valence-electron chi connectivity index (χ0n) is 12.6. The number of carbonyl (C=O) groups excluding carboxylic acids is 1. The highest BCUT2D eigenvalue weighted by molar-refractivity contribution is 5.89. The van der Waals surface area contributed by atoms with Gasteiger partial charge in [0.2, 0.25) is 0 Å². The number of urea groups is 1. The van der Waals surface area contributed by atoms with Crippen LogP contribution in [0.2, 0.25) is 0 Å². The van der Waals surface area contributed by atoms with Crippen molar-refractivity contribution < 1.29 is 4.79 Å². The van der Waals surface area contributed by atoms with Crippen LogP contribution in [0.5, 0.6) is 0 Å². The van der Waals surface area contributed by atoms with Crippen LogP contribution in [0.4, 0.5) is 10.5 Å². The zero-order chi connectivity index (χ0) is 15.1. The van der Waals surface area contributed by atoms with Crippen molar-refractivity contribution in [2.24, 2.45) is 0 Å². The molecule has 0 fully saturated rings. The second kappa shape index (κ2) is 7.48. The Morgan fingerprint density at radius 2 is 1.71 bits per heavy atom. The summed E-state index contributed by atoms with van der Waals surface area (Å²) < 4.78 is 0. The first kappa shape index (κ1) is 15.1. The Labute approximate surface area is 126 Å². The fourth-order valence-corrected chi connectivity index (χ4v) is 2.23. The van der Waals surface area contributed by atoms with Crippen LogP contribution in [0.1, 0.15) is 37.4 Å². The summed E-state index contributed by atoms with van der Waals surface area (Å²) in [6.45, 7) is 4.13. The van der Waals surface area contributed by atoms with Gasteiger partial charge in [0.15, 0.2) is 0 Å². The van der Waals surface area contributed by atoms with Gasteiger partial charge in [-0.2, -0.15) is 0 Å². The van der Waals surface area contributed by atoms with E-state index in [1.165, 1.54) is 5.56 Å². The van der Waals surface area contributed by atoms with Crippen LogP contribution in [0.3, 0.4) is 0 Å². The van der Waals surface area contributed by atoms with Crippen molar-refractivity contribution in [3.8, 4) is 0 Å². The topological polar surface area (TPSA) is 41.1 Å². The Bertz CT molecular complexity index is 564. The van der Waals surface area contributed by atoms with Crippen LogP contribution in [-0.2, 0) is 6.42 Å². The molecule has 0 aliphatic rings. The van der Waals surface area contributed by atoms with E-state index in [1.54, 1.807) is 0 Å². The maximum absolute atomic E-state index is 12.0. The molecule has 0 saturated carbocycles. The molecular weight excluding hydrogens is 260 g/mol. The molecule has 3 nitrogen and oxygen atoms in total. The number of amides is 2. The SMILES string of the molecule is CCCc1ccc(NC(=O)N[C@@H](C)c2ccccc2)cc1. The van der Waals surface area contributed by atoms with Crippen LogP contribution in [0.25, 0.3) is 0 Å². The van der Waals surface area contributed by atoms with E-state index in [2.05, 4.69) is 29.7 Å². The first-order valence-corrected chi connectivity index (χ1v) is 7.40. The smallest absolute Gasteiger partial charge is 0.319 e. The predicted octanol–water partition coefficient (Wildman–Crippen LogP) is 4.52. The van der Waals surface area contributed by atoms with E-state index in [4.69, 9.17) is 0 Å². The highest BCUT2D eigenvalue weighted by Crippen LogP contribution is 2.13. The minimum atomic E-state index is -0.186. The average Bonchev–Trinajstić information content (AvgIpc) is 2.50. The fraction of sp³-hybridized carbons (Fsp3) is 0.278. The number of hydrogen-bond donors (Lipinski definition) is 2. The van der Waals surface area contributed by atoms with Crippen molar-refractivity contribution >= 4 is 11.7 Å². The molecular formula is C18H22N2O. The minimum absolute atomic E-state index is 0.0226. The molecule has 2 N–H and O–H groups in total. The zero-order valence-corrected chi connectivity index (χ0v) is 12.6. The van der Waals surface area contributed by atoms with Gasteiger partial charge < -0.3 is 10.6 Å². The predicted molar refractivity (Wildman–Crippen MR) is 87.4 cm³/mol. The molecule has 21 heavy (non-hydrogen) atoms. The van der Waals surface area contributed by atoms with Gasteiger partial charge in [-0.3, -0.25) is 0 Å². The molecule has 0 unspecified atom stereocenters. The summed E-state index contributed by atoms with van der Waals surface area (Å²) in [6, 6.07) is 17.7. The lowest BCUT2D eigenvalue weighted by atomic mass is 10.1. The van der Waals surface area contributed by atoms with Crippen molar-refractivity contribution in [3.05, 3.63) is 65.7 Å². The lowest BCUT2D eigenvalue weighted by Gasteiger charge is -2.15. The Balaban J connectivity index is 1.89. The molecule has 2 aromatic carbocycles. The number of aryl methyl sites for hydroxylation is 1. The minimum Gasteiger partial charge on any atom is -0.331 e. The van der Waals surface area contributed by atoms with Gasteiger partial charge in [0, 0.05) is 5.69 Å². The summed E-state index contributed by atoms with van der Waals surface area (Å²) in [5, 5.41) is 5.80. The summed E-state index contributed by atoms with van der Waals surface area (Å²) in [6.07, 6.45) is 2.19. The second-order valence-corrected chi connectivity index (χ2v) is 5.18. The number of benzene rings is 2. The molecule has 2 amide bonds. The van der Waals surface area contributed by atoms with Crippen molar-refractivity contribution in [2.45, 2.75) is 32.7 Å². The highest BCUT2D eigenvalue weighted by Gasteiger charge is 2.08. The molecule has 0 spiro atoms. The third-order valence-corrected chi connectivity index (χ3v) is 3.40. The first-order valence-electron chi connectivity index (χ1n) is 7.40. The Morgan fingerprint density at radius 1 is 1.05 bits per heavy atom. The molecule has 0 bridgehead atoms. The molecule has 0 aliphatic heterocycles. The molecule has 0 heterocycles. The van der Waals surface area contributed by atoms with Crippen molar-refractivity contribution in [3.63, 3.8) is 0 Å². The van der Waals surface area contributed by atoms with Gasteiger partial charge in [-0.15, -0.1) is 0 Å². The normalized spacial score (nSPS) is 11.7. The van der Waals surface area contributed by atoms with Crippen molar-refractivity contribution in [1.82, 2.24) is 5.32 Å². The fourth-order valence-electron chi connectivity index (χ4n) is 2.23. The van der Waals surface area contributed by atoms with Crippen LogP contribution in [-0.4, -0.2) is 6.03 Å². The molecule has 2 rings (SSSR count). The summed E-state index contributed by atoms with van der Waals surface area (Å²) in [7, 11) is 0. The van der Waals surface area contributed by atoms with E-state index in [9.17, 15) is 4.79 Å². The Kier molecular flexibility index (Phi) is 5.38. The molecule has 2 aromatic rings. The monoisotopic (exact) mass is 282 g/mol. The maximum atomic E-state index is 12.0. The summed E-state index contributed by atoms with van der Waals surface area (Å²) >= 11 is 0. The van der Waals surface area contributed by atoms with E-state index in [-0.39, 0.29) is 12.1 Å². The van der Waals surface area contributed by atoms with Crippen LogP contribution >= 0.6 is 0 Å². The van der Waals surface area contributed by atoms with Crippen molar-refractivity contribution in [1.29, 1.82) is 0 Å². The number of hydrogen-bond acceptors (Lipinski definition) is 1. The summed E-state index contributed by atoms with van der Waals surface area (Å²) in [5.41, 5.74) is 3.19. The standard InChI is InChI=1S/C18H22N2O/c1-3-7-15-10-12-17(13-11-15)20-18(21)19-14(2)16-8-5-4-6-9-16/h4-6,8-14H,3,7H2,1-2H3,(H2,19,20,21)/t14-/m0/s1. The van der Waals surface area contributed by atoms with Crippen LogP contribution in [0, 0.1) is 0 Å². The van der Waals surface area contributed by atoms with E-state index >= 15 is 0 Å². The molecule has 3 heteroatoms. The lowest BCUT2D eigenvalue weighted by Crippen LogP contribution is -2.31. The van der Waals surface area contributed by atoms with E-state index in [0.717, 1.165) is 24.1 Å². The largest absolute Gasteiger partial charge is 0.331 e. The molecule has 0 aliphatic carbocycles.